The number of rotatable bonds is 4. The van der Waals surface area contributed by atoms with Crippen molar-refractivity contribution in [2.24, 2.45) is 5.92 Å². The zero-order valence-electron chi connectivity index (χ0n) is 14.3. The van der Waals surface area contributed by atoms with Crippen LogP contribution in [0.5, 0.6) is 0 Å². The van der Waals surface area contributed by atoms with Crippen LogP contribution in [-0.2, 0) is 11.3 Å². The molecule has 1 unspecified atom stereocenters. The Morgan fingerprint density at radius 1 is 1.32 bits per heavy atom. The van der Waals surface area contributed by atoms with E-state index in [-0.39, 0.29) is 11.8 Å². The third kappa shape index (κ3) is 4.96. The van der Waals surface area contributed by atoms with Gasteiger partial charge in [-0.2, -0.15) is 0 Å². The number of halogens is 2. The average molecular weight is 469 g/mol. The van der Waals surface area contributed by atoms with Crippen molar-refractivity contribution in [2.45, 2.75) is 26.3 Å². The number of anilines is 1. The minimum atomic E-state index is 0.0231. The van der Waals surface area contributed by atoms with Crippen LogP contribution < -0.4 is 5.32 Å². The number of carbonyl (C=O) groups excluding carboxylic acids is 1. The van der Waals surface area contributed by atoms with Crippen molar-refractivity contribution < 1.29 is 4.79 Å². The molecule has 25 heavy (non-hydrogen) atoms. The maximum Gasteiger partial charge on any atom is 0.228 e. The first kappa shape index (κ1) is 18.7. The standard InChI is InChI=1S/C20H22ClIN2O/c1-14-11-17(22)8-9-19(14)23-20(25)16-6-4-10-24(13-16)12-15-5-2-3-7-18(15)21/h2-3,5,7-9,11,16H,4,6,10,12-13H2,1H3,(H,23,25). The molecule has 1 aliphatic rings. The fraction of sp³-hybridized carbons (Fsp3) is 0.350. The molecule has 0 aromatic heterocycles. The Labute approximate surface area is 167 Å². The third-order valence-electron chi connectivity index (χ3n) is 4.67. The summed E-state index contributed by atoms with van der Waals surface area (Å²) < 4.78 is 1.18. The van der Waals surface area contributed by atoms with E-state index in [2.05, 4.69) is 44.9 Å². The number of likely N-dealkylation sites (tertiary alicyclic amines) is 1. The van der Waals surface area contributed by atoms with E-state index in [1.54, 1.807) is 0 Å². The van der Waals surface area contributed by atoms with E-state index in [1.165, 1.54) is 3.57 Å². The number of amides is 1. The van der Waals surface area contributed by atoms with Crippen molar-refractivity contribution in [1.82, 2.24) is 4.90 Å². The van der Waals surface area contributed by atoms with Gasteiger partial charge in [0.15, 0.2) is 0 Å². The van der Waals surface area contributed by atoms with Gasteiger partial charge >= 0.3 is 0 Å². The molecule has 1 N–H and O–H groups in total. The summed E-state index contributed by atoms with van der Waals surface area (Å²) in [7, 11) is 0. The number of benzene rings is 2. The fourth-order valence-electron chi connectivity index (χ4n) is 3.28. The highest BCUT2D eigenvalue weighted by Crippen LogP contribution is 2.24. The van der Waals surface area contributed by atoms with Crippen LogP contribution in [-0.4, -0.2) is 23.9 Å². The first-order chi connectivity index (χ1) is 12.0. The summed E-state index contributed by atoms with van der Waals surface area (Å²) in [6, 6.07) is 14.0. The number of carbonyl (C=O) groups is 1. The summed E-state index contributed by atoms with van der Waals surface area (Å²) in [6.07, 6.45) is 1.97. The lowest BCUT2D eigenvalue weighted by Gasteiger charge is -2.32. The van der Waals surface area contributed by atoms with Gasteiger partial charge in [0.25, 0.3) is 0 Å². The molecule has 2 aromatic rings. The second-order valence-electron chi connectivity index (χ2n) is 6.61. The highest BCUT2D eigenvalue weighted by atomic mass is 127. The van der Waals surface area contributed by atoms with Crippen molar-refractivity contribution in [1.29, 1.82) is 0 Å². The van der Waals surface area contributed by atoms with Crippen molar-refractivity contribution in [3.63, 3.8) is 0 Å². The quantitative estimate of drug-likeness (QED) is 0.633. The number of hydrogen-bond acceptors (Lipinski definition) is 2. The Balaban J connectivity index is 1.62. The first-order valence-corrected chi connectivity index (χ1v) is 10.0. The molecule has 3 nitrogen and oxygen atoms in total. The summed E-state index contributed by atoms with van der Waals surface area (Å²) in [5.41, 5.74) is 3.14. The Morgan fingerprint density at radius 3 is 2.88 bits per heavy atom. The summed E-state index contributed by atoms with van der Waals surface area (Å²) in [5, 5.41) is 3.90. The third-order valence-corrected chi connectivity index (χ3v) is 5.71. The van der Waals surface area contributed by atoms with Crippen LogP contribution in [0.15, 0.2) is 42.5 Å². The van der Waals surface area contributed by atoms with Gasteiger partial charge in [-0.15, -0.1) is 0 Å². The first-order valence-electron chi connectivity index (χ1n) is 8.55. The maximum atomic E-state index is 12.7. The Morgan fingerprint density at radius 2 is 2.12 bits per heavy atom. The molecular formula is C20H22ClIN2O. The second-order valence-corrected chi connectivity index (χ2v) is 8.27. The predicted molar refractivity (Wildman–Crippen MR) is 112 cm³/mol. The molecule has 5 heteroatoms. The van der Waals surface area contributed by atoms with Crippen LogP contribution in [0.2, 0.25) is 5.02 Å². The van der Waals surface area contributed by atoms with Gasteiger partial charge in [-0.1, -0.05) is 29.8 Å². The molecule has 3 rings (SSSR count). The minimum Gasteiger partial charge on any atom is -0.326 e. The van der Waals surface area contributed by atoms with Crippen LogP contribution in [0.1, 0.15) is 24.0 Å². The number of hydrogen-bond donors (Lipinski definition) is 1. The molecule has 1 saturated heterocycles. The molecule has 1 heterocycles. The second kappa shape index (κ2) is 8.52. The summed E-state index contributed by atoms with van der Waals surface area (Å²) in [6.45, 7) is 4.62. The number of nitrogens with one attached hydrogen (secondary N) is 1. The predicted octanol–water partition coefficient (Wildman–Crippen LogP) is 5.10. The molecule has 0 bridgehead atoms. The van der Waals surface area contributed by atoms with Crippen molar-refractivity contribution in [2.75, 3.05) is 18.4 Å². The van der Waals surface area contributed by atoms with Gasteiger partial charge in [-0.25, -0.2) is 0 Å². The molecular weight excluding hydrogens is 447 g/mol. The van der Waals surface area contributed by atoms with E-state index < -0.39 is 0 Å². The number of nitrogens with zero attached hydrogens (tertiary/aromatic N) is 1. The van der Waals surface area contributed by atoms with Crippen LogP contribution in [0.3, 0.4) is 0 Å². The topological polar surface area (TPSA) is 32.3 Å². The highest BCUT2D eigenvalue weighted by molar-refractivity contribution is 14.1. The Hall–Kier alpha value is -1.11. The summed E-state index contributed by atoms with van der Waals surface area (Å²) in [4.78, 5) is 15.0. The highest BCUT2D eigenvalue weighted by Gasteiger charge is 2.26. The Bertz CT molecular complexity index is 765. The molecule has 1 aliphatic heterocycles. The Kier molecular flexibility index (Phi) is 6.36. The monoisotopic (exact) mass is 468 g/mol. The van der Waals surface area contributed by atoms with E-state index in [4.69, 9.17) is 11.6 Å². The van der Waals surface area contributed by atoms with Crippen molar-refractivity contribution in [3.8, 4) is 0 Å². The lowest BCUT2D eigenvalue weighted by Crippen LogP contribution is -2.40. The van der Waals surface area contributed by atoms with E-state index in [1.807, 2.05) is 37.3 Å². The van der Waals surface area contributed by atoms with Crippen LogP contribution in [0.25, 0.3) is 0 Å². The van der Waals surface area contributed by atoms with Gasteiger partial charge in [0.1, 0.15) is 0 Å². The molecule has 1 atom stereocenters. The van der Waals surface area contributed by atoms with Gasteiger partial charge in [-0.3, -0.25) is 9.69 Å². The van der Waals surface area contributed by atoms with E-state index in [9.17, 15) is 4.79 Å². The molecule has 0 radical (unpaired) electrons. The largest absolute Gasteiger partial charge is 0.326 e. The van der Waals surface area contributed by atoms with Crippen molar-refractivity contribution >= 4 is 45.8 Å². The number of piperidine rings is 1. The fourth-order valence-corrected chi connectivity index (χ4v) is 4.13. The van der Waals surface area contributed by atoms with E-state index in [0.29, 0.717) is 0 Å². The van der Waals surface area contributed by atoms with Gasteiger partial charge in [-0.05, 0) is 84.3 Å². The molecule has 1 fully saturated rings. The summed E-state index contributed by atoms with van der Waals surface area (Å²) in [5.74, 6) is 0.142. The van der Waals surface area contributed by atoms with Gasteiger partial charge in [0.05, 0.1) is 5.92 Å². The zero-order chi connectivity index (χ0) is 17.8. The number of aryl methyl sites for hydroxylation is 1. The molecule has 132 valence electrons. The van der Waals surface area contributed by atoms with E-state index >= 15 is 0 Å². The minimum absolute atomic E-state index is 0.0231. The van der Waals surface area contributed by atoms with Gasteiger partial charge in [0.2, 0.25) is 5.91 Å². The van der Waals surface area contributed by atoms with Gasteiger partial charge < -0.3 is 5.32 Å². The summed E-state index contributed by atoms with van der Waals surface area (Å²) >= 11 is 8.56. The van der Waals surface area contributed by atoms with Crippen LogP contribution in [0.4, 0.5) is 5.69 Å². The molecule has 0 spiro atoms. The lowest BCUT2D eigenvalue weighted by atomic mass is 9.96. The molecule has 0 aliphatic carbocycles. The maximum absolute atomic E-state index is 12.7. The van der Waals surface area contributed by atoms with Crippen molar-refractivity contribution in [3.05, 3.63) is 62.2 Å². The smallest absolute Gasteiger partial charge is 0.228 e. The normalized spacial score (nSPS) is 18.1. The van der Waals surface area contributed by atoms with Gasteiger partial charge in [0, 0.05) is 27.4 Å². The molecule has 2 aromatic carbocycles. The zero-order valence-corrected chi connectivity index (χ0v) is 17.2. The van der Waals surface area contributed by atoms with E-state index in [0.717, 1.165) is 54.3 Å². The lowest BCUT2D eigenvalue weighted by molar-refractivity contribution is -0.121. The molecule has 1 amide bonds. The SMILES string of the molecule is Cc1cc(I)ccc1NC(=O)C1CCCN(Cc2ccccc2Cl)C1. The average Bonchev–Trinajstić information content (AvgIpc) is 2.60. The van der Waals surface area contributed by atoms with Crippen LogP contribution in [0, 0.1) is 16.4 Å². The molecule has 0 saturated carbocycles. The van der Waals surface area contributed by atoms with Crippen LogP contribution >= 0.6 is 34.2 Å².